The second kappa shape index (κ2) is 8.99. The number of aliphatic hydroxyl groups excluding tert-OH is 3. The molecule has 11 heteroatoms. The maximum Gasteiger partial charge on any atom is 1.00 e. The fraction of sp³-hybridized carbons (Fsp3) is 1.00. The minimum Gasteiger partial charge on any atom is -0.790 e. The van der Waals surface area contributed by atoms with E-state index >= 15 is 0 Å². The molecular weight excluding hydrogens is 277 g/mol. The molecule has 0 unspecified atom stereocenters. The Morgan fingerprint density at radius 1 is 1.35 bits per heavy atom. The molecule has 1 aliphatic heterocycles. The summed E-state index contributed by atoms with van der Waals surface area (Å²) >= 11 is 0. The molecule has 8 nitrogen and oxygen atoms in total. The van der Waals surface area contributed by atoms with Gasteiger partial charge in [0.15, 0.2) is 6.29 Å². The minimum atomic E-state index is -5.31. The molecule has 1 heterocycles. The average molecular weight is 288 g/mol. The van der Waals surface area contributed by atoms with Gasteiger partial charge in [-0.3, -0.25) is 0 Å². The van der Waals surface area contributed by atoms with Gasteiger partial charge in [-0.1, -0.05) is 0 Å². The number of hydrogen-bond acceptors (Lipinski definition) is 8. The van der Waals surface area contributed by atoms with Crippen LogP contribution in [-0.4, -0.2) is 46.5 Å². The molecule has 1 aliphatic rings. The van der Waals surface area contributed by atoms with Crippen molar-refractivity contribution < 1.29 is 98.0 Å². The number of phosphoric acid groups is 1. The predicted molar refractivity (Wildman–Crippen MR) is 41.1 cm³/mol. The van der Waals surface area contributed by atoms with Crippen molar-refractivity contribution in [3.8, 4) is 0 Å². The fourth-order valence-electron chi connectivity index (χ4n) is 1.25. The van der Waals surface area contributed by atoms with Gasteiger partial charge in [-0.05, 0) is 0 Å². The van der Waals surface area contributed by atoms with Gasteiger partial charge in [-0.2, -0.15) is 0 Å². The normalized spacial score (nSPS) is 33.5. The standard InChI is InChI=1S/C6H13O8P.2Na/c7-2-3-1-4(8)5(9)6(13-3)14-15(10,11)12;;/h3-9H,1-2H2,(H2,10,11,12);;/q;2*+1/p-2/t3-,4-,5+,6+;;/m0../s1. The van der Waals surface area contributed by atoms with Crippen molar-refractivity contribution in [2.75, 3.05) is 6.61 Å². The number of hydrogen-bond donors (Lipinski definition) is 3. The van der Waals surface area contributed by atoms with Gasteiger partial charge in [0.2, 0.25) is 0 Å². The van der Waals surface area contributed by atoms with E-state index in [9.17, 15) is 24.6 Å². The Morgan fingerprint density at radius 3 is 2.29 bits per heavy atom. The fourth-order valence-corrected chi connectivity index (χ4v) is 1.68. The summed E-state index contributed by atoms with van der Waals surface area (Å²) in [6, 6.07) is 0. The number of aliphatic hydroxyl groups is 3. The molecule has 3 N–H and O–H groups in total. The van der Waals surface area contributed by atoms with Crippen molar-refractivity contribution in [3.63, 3.8) is 0 Å². The van der Waals surface area contributed by atoms with Crippen LogP contribution in [0, 0.1) is 0 Å². The maximum atomic E-state index is 10.3. The zero-order chi connectivity index (χ0) is 11.6. The monoisotopic (exact) mass is 288 g/mol. The van der Waals surface area contributed by atoms with E-state index in [1.165, 1.54) is 0 Å². The molecule has 17 heavy (non-hydrogen) atoms. The Balaban J connectivity index is 0. The molecule has 0 bridgehead atoms. The third kappa shape index (κ3) is 7.34. The molecule has 0 amide bonds. The van der Waals surface area contributed by atoms with Crippen LogP contribution < -0.4 is 68.9 Å². The molecule has 0 aromatic carbocycles. The predicted octanol–water partition coefficient (Wildman–Crippen LogP) is -9.33. The van der Waals surface area contributed by atoms with Gasteiger partial charge in [-0.15, -0.1) is 0 Å². The second-order valence-corrected chi connectivity index (χ2v) is 4.26. The Hall–Kier alpha value is 1.95. The van der Waals surface area contributed by atoms with Crippen molar-refractivity contribution in [1.82, 2.24) is 0 Å². The van der Waals surface area contributed by atoms with Gasteiger partial charge in [0.05, 0.1) is 26.6 Å². The van der Waals surface area contributed by atoms with E-state index in [-0.39, 0.29) is 65.5 Å². The maximum absolute atomic E-state index is 10.3. The van der Waals surface area contributed by atoms with E-state index < -0.39 is 39.0 Å². The van der Waals surface area contributed by atoms with Crippen LogP contribution in [0.15, 0.2) is 0 Å². The van der Waals surface area contributed by atoms with E-state index in [1.54, 1.807) is 0 Å². The van der Waals surface area contributed by atoms with Crippen LogP contribution in [0.1, 0.15) is 6.42 Å². The summed E-state index contributed by atoms with van der Waals surface area (Å²) in [5, 5.41) is 27.2. The number of ether oxygens (including phenoxy) is 1. The largest absolute Gasteiger partial charge is 1.00 e. The molecule has 1 fully saturated rings. The van der Waals surface area contributed by atoms with Crippen LogP contribution in [0.2, 0.25) is 0 Å². The molecule has 0 spiro atoms. The Kier molecular flexibility index (Phi) is 11.2. The SMILES string of the molecule is O=P([O-])([O-])O[C@H]1O[C@H](CO)C[C@H](O)[C@H]1O.[Na+].[Na+]. The molecule has 0 aromatic heterocycles. The van der Waals surface area contributed by atoms with Gasteiger partial charge >= 0.3 is 59.1 Å². The molecule has 0 aliphatic carbocycles. The first kappa shape index (κ1) is 21.3. The van der Waals surface area contributed by atoms with Crippen LogP contribution in [0.4, 0.5) is 0 Å². The van der Waals surface area contributed by atoms with Crippen LogP contribution in [0.5, 0.6) is 0 Å². The van der Waals surface area contributed by atoms with Crippen molar-refractivity contribution in [3.05, 3.63) is 0 Å². The van der Waals surface area contributed by atoms with Crippen molar-refractivity contribution >= 4 is 7.82 Å². The average Bonchev–Trinajstić information content (AvgIpc) is 2.10. The number of phosphoric ester groups is 1. The Bertz CT molecular complexity index is 260. The topological polar surface area (TPSA) is 142 Å². The zero-order valence-corrected chi connectivity index (χ0v) is 14.4. The van der Waals surface area contributed by atoms with Gasteiger partial charge in [0, 0.05) is 6.42 Å². The third-order valence-electron chi connectivity index (χ3n) is 1.94. The zero-order valence-electron chi connectivity index (χ0n) is 9.55. The minimum absolute atomic E-state index is 0. The van der Waals surface area contributed by atoms with Crippen LogP contribution in [0.3, 0.4) is 0 Å². The van der Waals surface area contributed by atoms with Crippen LogP contribution >= 0.6 is 7.82 Å². The quantitative estimate of drug-likeness (QED) is 0.343. The first-order chi connectivity index (χ1) is 6.83. The molecule has 4 atom stereocenters. The summed E-state index contributed by atoms with van der Waals surface area (Å²) in [6.45, 7) is -0.481. The molecular formula is C6H11Na2O8P. The first-order valence-electron chi connectivity index (χ1n) is 4.16. The Labute approximate surface area is 142 Å². The summed E-state index contributed by atoms with van der Waals surface area (Å²) in [4.78, 5) is 20.5. The van der Waals surface area contributed by atoms with E-state index in [0.29, 0.717) is 0 Å². The van der Waals surface area contributed by atoms with Crippen molar-refractivity contribution in [2.24, 2.45) is 0 Å². The van der Waals surface area contributed by atoms with Crippen molar-refractivity contribution in [2.45, 2.75) is 31.0 Å². The van der Waals surface area contributed by atoms with Crippen LogP contribution in [-0.2, 0) is 13.8 Å². The Morgan fingerprint density at radius 2 is 1.88 bits per heavy atom. The van der Waals surface area contributed by atoms with E-state index in [4.69, 9.17) is 9.84 Å². The van der Waals surface area contributed by atoms with Crippen LogP contribution in [0.25, 0.3) is 0 Å². The van der Waals surface area contributed by atoms with E-state index in [2.05, 4.69) is 4.52 Å². The summed E-state index contributed by atoms with van der Waals surface area (Å²) in [6.07, 6.45) is -5.66. The molecule has 90 valence electrons. The first-order valence-corrected chi connectivity index (χ1v) is 5.62. The summed E-state index contributed by atoms with van der Waals surface area (Å²) in [5.41, 5.74) is 0. The molecule has 1 rings (SSSR count). The van der Waals surface area contributed by atoms with Gasteiger partial charge in [-0.25, -0.2) is 0 Å². The number of rotatable bonds is 3. The molecule has 1 saturated heterocycles. The summed E-state index contributed by atoms with van der Waals surface area (Å²) in [5.74, 6) is 0. The van der Waals surface area contributed by atoms with Gasteiger partial charge in [0.25, 0.3) is 0 Å². The molecule has 0 aromatic rings. The van der Waals surface area contributed by atoms with Gasteiger partial charge < -0.3 is 38.9 Å². The smallest absolute Gasteiger partial charge is 0.790 e. The summed E-state index contributed by atoms with van der Waals surface area (Å²) < 4.78 is 18.9. The van der Waals surface area contributed by atoms with Gasteiger partial charge in [0.1, 0.15) is 6.10 Å². The second-order valence-electron chi connectivity index (χ2n) is 3.16. The summed E-state index contributed by atoms with van der Waals surface area (Å²) in [7, 11) is -5.31. The third-order valence-corrected chi connectivity index (χ3v) is 2.41. The van der Waals surface area contributed by atoms with E-state index in [1.807, 2.05) is 0 Å². The molecule has 0 radical (unpaired) electrons. The molecule has 0 saturated carbocycles. The van der Waals surface area contributed by atoms with Crippen molar-refractivity contribution in [1.29, 1.82) is 0 Å². The van der Waals surface area contributed by atoms with E-state index in [0.717, 1.165) is 0 Å².